The standard InChI is InChI=1S/C16H12Cl2FNO3/c17-10-6-5-9(12(18)8-10)7-14(16(22)23)20-15(21)11-3-1-2-4-13(11)19/h1-6,8,14H,7H2,(H,20,21)(H,22,23)/t14-/m0/s1. The van der Waals surface area contributed by atoms with Gasteiger partial charge >= 0.3 is 5.97 Å². The van der Waals surface area contributed by atoms with Gasteiger partial charge in [0.25, 0.3) is 5.91 Å². The molecule has 0 aliphatic heterocycles. The normalized spacial score (nSPS) is 11.8. The fourth-order valence-corrected chi connectivity index (χ4v) is 2.47. The van der Waals surface area contributed by atoms with Crippen molar-refractivity contribution in [1.82, 2.24) is 5.32 Å². The lowest BCUT2D eigenvalue weighted by Crippen LogP contribution is -2.42. The third kappa shape index (κ3) is 4.43. The van der Waals surface area contributed by atoms with Gasteiger partial charge in [-0.05, 0) is 29.8 Å². The van der Waals surface area contributed by atoms with Crippen molar-refractivity contribution < 1.29 is 19.1 Å². The second-order valence-electron chi connectivity index (χ2n) is 4.78. The molecule has 0 aliphatic rings. The Kier molecular flexibility index (Phi) is 5.58. The summed E-state index contributed by atoms with van der Waals surface area (Å²) in [5.74, 6) is -2.78. The smallest absolute Gasteiger partial charge is 0.326 e. The van der Waals surface area contributed by atoms with Gasteiger partial charge in [0.2, 0.25) is 0 Å². The summed E-state index contributed by atoms with van der Waals surface area (Å²) >= 11 is 11.8. The van der Waals surface area contributed by atoms with Crippen molar-refractivity contribution in [2.24, 2.45) is 0 Å². The van der Waals surface area contributed by atoms with E-state index >= 15 is 0 Å². The number of aliphatic carboxylic acids is 1. The minimum atomic E-state index is -1.25. The van der Waals surface area contributed by atoms with Crippen molar-refractivity contribution in [3.8, 4) is 0 Å². The summed E-state index contributed by atoms with van der Waals surface area (Å²) < 4.78 is 13.6. The molecule has 0 bridgehead atoms. The fourth-order valence-electron chi connectivity index (χ4n) is 1.99. The van der Waals surface area contributed by atoms with Gasteiger partial charge in [0.1, 0.15) is 11.9 Å². The van der Waals surface area contributed by atoms with Gasteiger partial charge in [-0.25, -0.2) is 9.18 Å². The second-order valence-corrected chi connectivity index (χ2v) is 5.63. The van der Waals surface area contributed by atoms with Crippen LogP contribution in [0.25, 0.3) is 0 Å². The Bertz CT molecular complexity index is 752. The average molecular weight is 356 g/mol. The van der Waals surface area contributed by atoms with Gasteiger partial charge in [-0.2, -0.15) is 0 Å². The lowest BCUT2D eigenvalue weighted by molar-refractivity contribution is -0.139. The molecular formula is C16H12Cl2FNO3. The van der Waals surface area contributed by atoms with Gasteiger partial charge in [-0.15, -0.1) is 0 Å². The highest BCUT2D eigenvalue weighted by Gasteiger charge is 2.23. The minimum absolute atomic E-state index is 0.0501. The molecule has 7 heteroatoms. The molecule has 0 saturated carbocycles. The number of benzene rings is 2. The van der Waals surface area contributed by atoms with Gasteiger partial charge in [0.05, 0.1) is 5.56 Å². The molecule has 0 aliphatic carbocycles. The maximum absolute atomic E-state index is 13.6. The zero-order chi connectivity index (χ0) is 17.0. The molecule has 0 saturated heterocycles. The quantitative estimate of drug-likeness (QED) is 0.861. The van der Waals surface area contributed by atoms with Crippen molar-refractivity contribution in [1.29, 1.82) is 0 Å². The minimum Gasteiger partial charge on any atom is -0.480 e. The molecule has 23 heavy (non-hydrogen) atoms. The van der Waals surface area contributed by atoms with E-state index in [0.29, 0.717) is 15.6 Å². The number of amides is 1. The van der Waals surface area contributed by atoms with Crippen LogP contribution in [0.2, 0.25) is 10.0 Å². The molecule has 120 valence electrons. The molecule has 0 aromatic heterocycles. The van der Waals surface area contributed by atoms with Crippen molar-refractivity contribution in [2.45, 2.75) is 12.5 Å². The Morgan fingerprint density at radius 1 is 1.17 bits per heavy atom. The number of halogens is 3. The zero-order valence-corrected chi connectivity index (χ0v) is 13.2. The number of hydrogen-bond donors (Lipinski definition) is 2. The highest BCUT2D eigenvalue weighted by atomic mass is 35.5. The molecule has 1 amide bonds. The third-order valence-electron chi connectivity index (χ3n) is 3.16. The van der Waals surface area contributed by atoms with Crippen LogP contribution in [-0.2, 0) is 11.2 Å². The topological polar surface area (TPSA) is 66.4 Å². The van der Waals surface area contributed by atoms with Crippen LogP contribution in [0.1, 0.15) is 15.9 Å². The largest absolute Gasteiger partial charge is 0.480 e. The van der Waals surface area contributed by atoms with Crippen LogP contribution in [0, 0.1) is 5.82 Å². The van der Waals surface area contributed by atoms with E-state index in [1.807, 2.05) is 0 Å². The molecule has 2 N–H and O–H groups in total. The monoisotopic (exact) mass is 355 g/mol. The van der Waals surface area contributed by atoms with Gasteiger partial charge in [0, 0.05) is 16.5 Å². The summed E-state index contributed by atoms with van der Waals surface area (Å²) in [5, 5.41) is 12.3. The summed E-state index contributed by atoms with van der Waals surface area (Å²) in [4.78, 5) is 23.4. The van der Waals surface area contributed by atoms with Gasteiger partial charge < -0.3 is 10.4 Å². The van der Waals surface area contributed by atoms with Gasteiger partial charge in [-0.1, -0.05) is 41.4 Å². The van der Waals surface area contributed by atoms with Crippen LogP contribution in [0.4, 0.5) is 4.39 Å². The summed E-state index contributed by atoms with van der Waals surface area (Å²) in [7, 11) is 0. The number of carbonyl (C=O) groups excluding carboxylic acids is 1. The Morgan fingerprint density at radius 3 is 2.48 bits per heavy atom. The van der Waals surface area contributed by atoms with Crippen molar-refractivity contribution in [3.05, 3.63) is 69.5 Å². The van der Waals surface area contributed by atoms with Crippen molar-refractivity contribution >= 4 is 35.1 Å². The second kappa shape index (κ2) is 7.44. The third-order valence-corrected chi connectivity index (χ3v) is 3.75. The number of carboxylic acids is 1. The van der Waals surface area contributed by atoms with E-state index in [1.165, 1.54) is 24.3 Å². The number of nitrogens with one attached hydrogen (secondary N) is 1. The molecule has 2 aromatic rings. The first-order valence-electron chi connectivity index (χ1n) is 6.60. The lowest BCUT2D eigenvalue weighted by atomic mass is 10.1. The highest BCUT2D eigenvalue weighted by molar-refractivity contribution is 6.35. The number of carbonyl (C=O) groups is 2. The van der Waals surface area contributed by atoms with Crippen LogP contribution >= 0.6 is 23.2 Å². The van der Waals surface area contributed by atoms with E-state index in [4.69, 9.17) is 23.2 Å². The van der Waals surface area contributed by atoms with Gasteiger partial charge in [-0.3, -0.25) is 4.79 Å². The predicted octanol–water partition coefficient (Wildman–Crippen LogP) is 3.56. The molecule has 0 spiro atoms. The van der Waals surface area contributed by atoms with E-state index < -0.39 is 23.7 Å². The molecule has 1 atom stereocenters. The SMILES string of the molecule is O=C(N[C@@H](Cc1ccc(Cl)cc1Cl)C(=O)O)c1ccccc1F. The summed E-state index contributed by atoms with van der Waals surface area (Å²) in [6.07, 6.45) is -0.0501. The Balaban J connectivity index is 2.18. The molecule has 0 unspecified atom stereocenters. The van der Waals surface area contributed by atoms with Crippen LogP contribution in [0.5, 0.6) is 0 Å². The Hall–Kier alpha value is -2.11. The maximum Gasteiger partial charge on any atom is 0.326 e. The van der Waals surface area contributed by atoms with E-state index in [-0.39, 0.29) is 12.0 Å². The molecule has 0 fully saturated rings. The zero-order valence-electron chi connectivity index (χ0n) is 11.7. The fraction of sp³-hybridized carbons (Fsp3) is 0.125. The van der Waals surface area contributed by atoms with E-state index in [1.54, 1.807) is 12.1 Å². The van der Waals surface area contributed by atoms with Crippen LogP contribution < -0.4 is 5.32 Å². The van der Waals surface area contributed by atoms with E-state index in [9.17, 15) is 19.1 Å². The molecular weight excluding hydrogens is 344 g/mol. The summed E-state index contributed by atoms with van der Waals surface area (Å²) in [6.45, 7) is 0. The molecule has 0 heterocycles. The predicted molar refractivity (Wildman–Crippen MR) is 85.5 cm³/mol. The first-order chi connectivity index (χ1) is 10.9. The molecule has 0 radical (unpaired) electrons. The van der Waals surface area contributed by atoms with E-state index in [0.717, 1.165) is 6.07 Å². The van der Waals surface area contributed by atoms with Crippen LogP contribution in [-0.4, -0.2) is 23.0 Å². The number of carboxylic acid groups (broad SMARTS) is 1. The molecule has 2 rings (SSSR count). The lowest BCUT2D eigenvalue weighted by Gasteiger charge is -2.16. The van der Waals surface area contributed by atoms with Crippen molar-refractivity contribution in [2.75, 3.05) is 0 Å². The van der Waals surface area contributed by atoms with Gasteiger partial charge in [0.15, 0.2) is 0 Å². The molecule has 2 aromatic carbocycles. The van der Waals surface area contributed by atoms with Crippen molar-refractivity contribution in [3.63, 3.8) is 0 Å². The summed E-state index contributed by atoms with van der Waals surface area (Å²) in [5.41, 5.74) is 0.290. The first kappa shape index (κ1) is 17.2. The maximum atomic E-state index is 13.6. The highest BCUT2D eigenvalue weighted by Crippen LogP contribution is 2.22. The Labute approximate surface area is 141 Å². The van der Waals surface area contributed by atoms with Crippen LogP contribution in [0.3, 0.4) is 0 Å². The Morgan fingerprint density at radius 2 is 1.87 bits per heavy atom. The van der Waals surface area contributed by atoms with E-state index in [2.05, 4.69) is 5.32 Å². The summed E-state index contributed by atoms with van der Waals surface area (Å²) in [6, 6.07) is 8.71. The first-order valence-corrected chi connectivity index (χ1v) is 7.36. The number of rotatable bonds is 5. The number of hydrogen-bond acceptors (Lipinski definition) is 2. The average Bonchev–Trinajstić information content (AvgIpc) is 2.49. The molecule has 4 nitrogen and oxygen atoms in total. The van der Waals surface area contributed by atoms with Crippen LogP contribution in [0.15, 0.2) is 42.5 Å².